The number of aliphatic carboxylic acids is 1. The topological polar surface area (TPSA) is 102 Å². The molecular formula is C21H30N2O5. The molecule has 0 bridgehead atoms. The molecule has 2 fully saturated rings. The lowest BCUT2D eigenvalue weighted by Gasteiger charge is -2.36. The number of ether oxygens (including phenoxy) is 1. The van der Waals surface area contributed by atoms with Gasteiger partial charge < -0.3 is 15.2 Å². The number of nitro groups is 1. The first kappa shape index (κ1) is 20.4. The Hall–Kier alpha value is -2.31. The minimum atomic E-state index is -0.772. The van der Waals surface area contributed by atoms with Crippen molar-refractivity contribution in [3.8, 4) is 5.75 Å². The minimum Gasteiger partial charge on any atom is -0.488 e. The highest BCUT2D eigenvalue weighted by Gasteiger charge is 2.34. The molecule has 0 atom stereocenters. The molecule has 2 N–H and O–H groups in total. The van der Waals surface area contributed by atoms with Crippen molar-refractivity contribution in [2.24, 2.45) is 5.41 Å². The molecule has 0 amide bonds. The second-order valence-electron chi connectivity index (χ2n) is 8.30. The molecule has 1 aromatic rings. The maximum atomic E-state index is 11.4. The van der Waals surface area contributed by atoms with Crippen LogP contribution in [0.25, 0.3) is 0 Å². The molecule has 1 aromatic carbocycles. The molecule has 2 aliphatic rings. The molecule has 0 radical (unpaired) electrons. The van der Waals surface area contributed by atoms with Crippen molar-refractivity contribution in [1.82, 2.24) is 0 Å². The Morgan fingerprint density at radius 3 is 2.50 bits per heavy atom. The van der Waals surface area contributed by atoms with Crippen molar-refractivity contribution in [1.29, 1.82) is 0 Å². The van der Waals surface area contributed by atoms with Gasteiger partial charge in [0.05, 0.1) is 29.2 Å². The second kappa shape index (κ2) is 9.26. The van der Waals surface area contributed by atoms with Gasteiger partial charge in [-0.25, -0.2) is 0 Å². The van der Waals surface area contributed by atoms with E-state index in [1.54, 1.807) is 6.07 Å². The van der Waals surface area contributed by atoms with Gasteiger partial charge in [0.15, 0.2) is 0 Å². The Morgan fingerprint density at radius 1 is 1.18 bits per heavy atom. The van der Waals surface area contributed by atoms with E-state index in [9.17, 15) is 20.0 Å². The Bertz CT molecular complexity index is 694. The lowest BCUT2D eigenvalue weighted by atomic mass is 9.71. The van der Waals surface area contributed by atoms with E-state index < -0.39 is 10.9 Å². The largest absolute Gasteiger partial charge is 0.488 e. The summed E-state index contributed by atoms with van der Waals surface area (Å²) in [5.41, 5.74) is 0.453. The summed E-state index contributed by atoms with van der Waals surface area (Å²) in [6, 6.07) is 4.65. The van der Waals surface area contributed by atoms with Crippen molar-refractivity contribution in [3.63, 3.8) is 0 Å². The molecule has 0 spiro atoms. The molecule has 0 aromatic heterocycles. The Morgan fingerprint density at radius 2 is 1.86 bits per heavy atom. The first-order chi connectivity index (χ1) is 13.5. The fraction of sp³-hybridized carbons (Fsp3) is 0.667. The zero-order chi connectivity index (χ0) is 20.0. The van der Waals surface area contributed by atoms with Crippen molar-refractivity contribution >= 4 is 17.3 Å². The molecule has 28 heavy (non-hydrogen) atoms. The first-order valence-electron chi connectivity index (χ1n) is 10.4. The molecule has 2 saturated carbocycles. The summed E-state index contributed by atoms with van der Waals surface area (Å²) in [4.78, 5) is 22.2. The summed E-state index contributed by atoms with van der Waals surface area (Å²) in [6.45, 7) is 0.540. The molecule has 154 valence electrons. The molecule has 7 heteroatoms. The summed E-state index contributed by atoms with van der Waals surface area (Å²) in [5, 5.41) is 23.9. The number of non-ortho nitro benzene ring substituents is 1. The number of carboxylic acids is 1. The van der Waals surface area contributed by atoms with Gasteiger partial charge >= 0.3 is 5.97 Å². The van der Waals surface area contributed by atoms with Crippen LogP contribution >= 0.6 is 0 Å². The van der Waals surface area contributed by atoms with Crippen molar-refractivity contribution in [2.45, 2.75) is 76.7 Å². The number of anilines is 1. The number of nitrogens with one attached hydrogen (secondary N) is 1. The van der Waals surface area contributed by atoms with Gasteiger partial charge in [-0.15, -0.1) is 0 Å². The van der Waals surface area contributed by atoms with E-state index in [4.69, 9.17) is 4.74 Å². The van der Waals surface area contributed by atoms with Crippen LogP contribution in [0.2, 0.25) is 0 Å². The Labute approximate surface area is 165 Å². The fourth-order valence-electron chi connectivity index (χ4n) is 4.55. The monoisotopic (exact) mass is 390 g/mol. The number of carbonyl (C=O) groups is 1. The van der Waals surface area contributed by atoms with Gasteiger partial charge in [0.25, 0.3) is 5.69 Å². The summed E-state index contributed by atoms with van der Waals surface area (Å²) in [6.07, 6.45) is 10.6. The van der Waals surface area contributed by atoms with E-state index in [1.807, 2.05) is 0 Å². The Balaban J connectivity index is 1.77. The predicted octanol–water partition coefficient (Wildman–Crippen LogP) is 5.14. The highest BCUT2D eigenvalue weighted by atomic mass is 16.6. The molecule has 7 nitrogen and oxygen atoms in total. The predicted molar refractivity (Wildman–Crippen MR) is 107 cm³/mol. The van der Waals surface area contributed by atoms with Crippen LogP contribution in [-0.4, -0.2) is 28.6 Å². The van der Waals surface area contributed by atoms with Gasteiger partial charge in [-0.1, -0.05) is 25.7 Å². The van der Waals surface area contributed by atoms with Crippen LogP contribution < -0.4 is 10.1 Å². The highest BCUT2D eigenvalue weighted by Crippen LogP contribution is 2.41. The minimum absolute atomic E-state index is 0.00859. The van der Waals surface area contributed by atoms with Gasteiger partial charge in [0.2, 0.25) is 0 Å². The first-order valence-corrected chi connectivity index (χ1v) is 10.4. The maximum Gasteiger partial charge on any atom is 0.303 e. The molecular weight excluding hydrogens is 360 g/mol. The fourth-order valence-corrected chi connectivity index (χ4v) is 4.55. The van der Waals surface area contributed by atoms with Crippen LogP contribution in [0.3, 0.4) is 0 Å². The second-order valence-corrected chi connectivity index (χ2v) is 8.30. The molecule has 0 unspecified atom stereocenters. The number of benzene rings is 1. The van der Waals surface area contributed by atoms with Gasteiger partial charge in [-0.3, -0.25) is 14.9 Å². The van der Waals surface area contributed by atoms with Crippen LogP contribution in [0.15, 0.2) is 18.2 Å². The lowest BCUT2D eigenvalue weighted by molar-refractivity contribution is -0.384. The van der Waals surface area contributed by atoms with E-state index in [-0.39, 0.29) is 23.6 Å². The van der Waals surface area contributed by atoms with E-state index >= 15 is 0 Å². The van der Waals surface area contributed by atoms with Crippen LogP contribution in [0.1, 0.15) is 70.6 Å². The van der Waals surface area contributed by atoms with Crippen LogP contribution in [0.4, 0.5) is 11.4 Å². The van der Waals surface area contributed by atoms with Crippen LogP contribution in [0, 0.1) is 15.5 Å². The summed E-state index contributed by atoms with van der Waals surface area (Å²) in [5.74, 6) is -0.270. The maximum absolute atomic E-state index is 11.4. The van der Waals surface area contributed by atoms with Gasteiger partial charge in [0.1, 0.15) is 5.75 Å². The van der Waals surface area contributed by atoms with E-state index in [0.717, 1.165) is 57.8 Å². The molecule has 0 heterocycles. The zero-order valence-electron chi connectivity index (χ0n) is 16.3. The quantitative estimate of drug-likeness (QED) is 0.470. The third kappa shape index (κ3) is 5.36. The molecule has 3 rings (SSSR count). The summed E-state index contributed by atoms with van der Waals surface area (Å²) < 4.78 is 6.15. The lowest BCUT2D eigenvalue weighted by Crippen LogP contribution is -2.34. The Kier molecular flexibility index (Phi) is 6.75. The standard InChI is InChI=1S/C21H30N2O5/c24-20(25)14-21(11-5-2-6-12-21)15-22-18-10-9-16(23(26)27)13-19(18)28-17-7-3-1-4-8-17/h9-10,13,17,22H,1-8,11-12,14-15H2,(H,24,25). The number of nitro benzene ring substituents is 1. The van der Waals surface area contributed by atoms with Gasteiger partial charge in [-0.05, 0) is 50.0 Å². The van der Waals surface area contributed by atoms with E-state index in [1.165, 1.54) is 18.6 Å². The normalized spacial score (nSPS) is 19.7. The highest BCUT2D eigenvalue weighted by molar-refractivity contribution is 5.68. The molecule has 0 saturated heterocycles. The summed E-state index contributed by atoms with van der Waals surface area (Å²) >= 11 is 0. The molecule has 2 aliphatic carbocycles. The zero-order valence-corrected chi connectivity index (χ0v) is 16.3. The average molecular weight is 390 g/mol. The van der Waals surface area contributed by atoms with Crippen LogP contribution in [-0.2, 0) is 4.79 Å². The van der Waals surface area contributed by atoms with Crippen molar-refractivity contribution < 1.29 is 19.6 Å². The van der Waals surface area contributed by atoms with Crippen molar-refractivity contribution in [2.75, 3.05) is 11.9 Å². The number of hydrogen-bond acceptors (Lipinski definition) is 5. The summed E-state index contributed by atoms with van der Waals surface area (Å²) in [7, 11) is 0. The van der Waals surface area contributed by atoms with Gasteiger partial charge in [0, 0.05) is 12.6 Å². The number of rotatable bonds is 8. The van der Waals surface area contributed by atoms with Crippen molar-refractivity contribution in [3.05, 3.63) is 28.3 Å². The number of hydrogen-bond donors (Lipinski definition) is 2. The number of nitrogens with zero attached hydrogens (tertiary/aromatic N) is 1. The number of carboxylic acid groups (broad SMARTS) is 1. The van der Waals surface area contributed by atoms with Crippen LogP contribution in [0.5, 0.6) is 5.75 Å². The third-order valence-corrected chi connectivity index (χ3v) is 6.12. The average Bonchev–Trinajstić information content (AvgIpc) is 2.68. The van der Waals surface area contributed by atoms with Gasteiger partial charge in [-0.2, -0.15) is 0 Å². The van der Waals surface area contributed by atoms with E-state index in [2.05, 4.69) is 5.32 Å². The molecule has 0 aliphatic heterocycles. The van der Waals surface area contributed by atoms with E-state index in [0.29, 0.717) is 18.0 Å². The third-order valence-electron chi connectivity index (χ3n) is 6.12. The smallest absolute Gasteiger partial charge is 0.303 e. The SMILES string of the molecule is O=C(O)CC1(CNc2ccc([N+](=O)[O-])cc2OC2CCCCC2)CCCCC1.